The van der Waals surface area contributed by atoms with Crippen LogP contribution in [0.2, 0.25) is 0 Å². The third-order valence-electron chi connectivity index (χ3n) is 0. The third kappa shape index (κ3) is 2820. The molecule has 37 heavy (non-hydrogen) atoms. The molecular formula is Al3B7Cu3O21Zn3. The van der Waals surface area contributed by atoms with Crippen LogP contribution in [0.5, 0.6) is 0 Å². The molecule has 195 valence electrons. The first-order valence-electron chi connectivity index (χ1n) is 4.95. The van der Waals surface area contributed by atoms with Gasteiger partial charge in [0.05, 0.1) is 0 Å². The average Bonchev–Trinajstić information content (AvgIpc) is 2.20. The first-order valence-corrected chi connectivity index (χ1v) is 4.95. The van der Waals surface area contributed by atoms with Crippen LogP contribution in [0.1, 0.15) is 0 Å². The van der Waals surface area contributed by atoms with Crippen LogP contribution in [0.4, 0.5) is 0 Å². The summed E-state index contributed by atoms with van der Waals surface area (Å²) in [6, 6.07) is 0. The van der Waals surface area contributed by atoms with Crippen molar-refractivity contribution in [2.24, 2.45) is 0 Å². The third-order valence-corrected chi connectivity index (χ3v) is 0. The summed E-state index contributed by atoms with van der Waals surface area (Å²) in [5.74, 6) is 0. The zero-order valence-corrected chi connectivity index (χ0v) is 32.6. The monoisotopic (exact) mass is 874 g/mol. The normalized spacial score (nSPS) is 5.11. The molecule has 0 unspecified atom stereocenters. The Morgan fingerprint density at radius 3 is 0.189 bits per heavy atom. The Morgan fingerprint density at radius 1 is 0.189 bits per heavy atom. The summed E-state index contributed by atoms with van der Waals surface area (Å²) in [6.45, 7) is 0. The van der Waals surface area contributed by atoms with Gasteiger partial charge in [0.25, 0.3) is 0 Å². The van der Waals surface area contributed by atoms with E-state index in [1.54, 1.807) is 0 Å². The zero-order valence-electron chi connectivity index (χ0n) is 17.4. The van der Waals surface area contributed by atoms with E-state index in [1.807, 2.05) is 0 Å². The van der Waals surface area contributed by atoms with E-state index in [-0.39, 0.29) is 162 Å². The molecule has 0 saturated carbocycles. The molecule has 0 aliphatic carbocycles. The summed E-state index contributed by atoms with van der Waals surface area (Å²) < 4.78 is 0. The number of rotatable bonds is 0. The summed E-state index contributed by atoms with van der Waals surface area (Å²) >= 11 is 0. The first kappa shape index (κ1) is 105. The van der Waals surface area contributed by atoms with Gasteiger partial charge in [-0.2, -0.15) is 0 Å². The van der Waals surface area contributed by atoms with E-state index in [4.69, 9.17) is 106 Å². The molecular weight excluding hydrogens is 879 g/mol. The van der Waals surface area contributed by atoms with Crippen molar-refractivity contribution in [1.82, 2.24) is 0 Å². The Morgan fingerprint density at radius 2 is 0.189 bits per heavy atom. The van der Waals surface area contributed by atoms with Crippen molar-refractivity contribution in [3.8, 4) is 0 Å². The molecule has 0 aliphatic heterocycles. The van der Waals surface area contributed by atoms with Crippen molar-refractivity contribution >= 4 is 103 Å². The Balaban J connectivity index is -0.00000000955. The first-order chi connectivity index (χ1) is 12.1. The fourth-order valence-corrected chi connectivity index (χ4v) is 0. The molecule has 0 aromatic rings. The van der Waals surface area contributed by atoms with Crippen LogP contribution in [0.25, 0.3) is 0 Å². The second kappa shape index (κ2) is 97.1. The van der Waals surface area contributed by atoms with Gasteiger partial charge in [-0.05, 0) is 0 Å². The van der Waals surface area contributed by atoms with Gasteiger partial charge >= 0.3 is 162 Å². The zero-order chi connectivity index (χ0) is 25.0. The van der Waals surface area contributed by atoms with E-state index in [9.17, 15) is 0 Å². The topological polar surface area (TPSA) is 484 Å². The van der Waals surface area contributed by atoms with Gasteiger partial charge in [0.15, 0.2) is 0 Å². The molecule has 21 nitrogen and oxygen atoms in total. The van der Waals surface area contributed by atoms with Crippen molar-refractivity contribution in [3.05, 3.63) is 0 Å². The molecule has 0 aromatic heterocycles. The smallest absolute Gasteiger partial charge is 0.907 e. The van der Waals surface area contributed by atoms with Crippen molar-refractivity contribution in [1.29, 1.82) is 0 Å². The minimum absolute atomic E-state index is 0. The molecule has 0 aromatic carbocycles. The SMILES string of the molecule is [Al+3].[Al+3].[Al+3].[Cu+2].[Cu+2].[Cu+2].[O-]B([O-])[O-].[O-]B([O-])[O-].[O-]B([O-])[O-].[O-]B([O-])[O-].[O-]B([O-])[O-].[O-]B([O-])[O-].[O-]B([O-])[O-].[Zn+2].[Zn+2].[Zn+2]. The molecule has 3 radical (unpaired) electrons. The van der Waals surface area contributed by atoms with Gasteiger partial charge in [-0.3, -0.25) is 51.2 Å². The largest absolute Gasteiger partial charge is 3.00 e. The van der Waals surface area contributed by atoms with Crippen LogP contribution < -0.4 is 106 Å². The van der Waals surface area contributed by atoms with E-state index in [1.165, 1.54) is 0 Å². The maximum absolute atomic E-state index is 8.42. The fourth-order valence-electron chi connectivity index (χ4n) is 0. The van der Waals surface area contributed by atoms with Gasteiger partial charge in [0.1, 0.15) is 0 Å². The molecule has 0 rings (SSSR count). The average molecular weight is 879 g/mol. The van der Waals surface area contributed by atoms with Crippen molar-refractivity contribution < 1.29 is 215 Å². The molecule has 37 heteroatoms. The Kier molecular flexibility index (Phi) is 275. The van der Waals surface area contributed by atoms with Crippen LogP contribution in [-0.4, -0.2) is 103 Å². The van der Waals surface area contributed by atoms with Crippen LogP contribution in [-0.2, 0) is 110 Å². The second-order valence-corrected chi connectivity index (χ2v) is 2.02. The van der Waals surface area contributed by atoms with Gasteiger partial charge < -0.3 is 106 Å². The molecule has 0 aliphatic rings. The van der Waals surface area contributed by atoms with Crippen molar-refractivity contribution in [2.45, 2.75) is 0 Å². The Labute approximate surface area is 315 Å². The minimum Gasteiger partial charge on any atom is -0.907 e. The molecule has 0 bridgehead atoms. The predicted octanol–water partition coefficient (Wildman–Crippen LogP) is -28.8. The summed E-state index contributed by atoms with van der Waals surface area (Å²) in [5, 5.41) is 177. The maximum Gasteiger partial charge on any atom is 3.00 e. The van der Waals surface area contributed by atoms with Crippen LogP contribution in [0.15, 0.2) is 0 Å². The summed E-state index contributed by atoms with van der Waals surface area (Å²) in [5.41, 5.74) is 0. The molecule has 0 saturated heterocycles. The van der Waals surface area contributed by atoms with Crippen LogP contribution in [0.3, 0.4) is 0 Å². The molecule has 0 fully saturated rings. The predicted molar refractivity (Wildman–Crippen MR) is 57.5 cm³/mol. The quantitative estimate of drug-likeness (QED) is 0.204. The van der Waals surface area contributed by atoms with E-state index in [0.717, 1.165) is 0 Å². The van der Waals surface area contributed by atoms with Gasteiger partial charge in [0, 0.05) is 0 Å². The Hall–Kier alpha value is 4.64. The van der Waals surface area contributed by atoms with Gasteiger partial charge in [0.2, 0.25) is 0 Å². The van der Waals surface area contributed by atoms with Gasteiger partial charge in [-0.15, -0.1) is 0 Å². The maximum atomic E-state index is 8.42. The van der Waals surface area contributed by atoms with Crippen molar-refractivity contribution in [3.63, 3.8) is 0 Å². The molecule has 0 atom stereocenters. The molecule has 0 amide bonds. The summed E-state index contributed by atoms with van der Waals surface area (Å²) in [6.07, 6.45) is 0. The Bertz CT molecular complexity index is 159. The fraction of sp³-hybridized carbons (Fsp3) is 0. The summed E-state index contributed by atoms with van der Waals surface area (Å²) in [4.78, 5) is 0. The molecule has 0 heterocycles. The van der Waals surface area contributed by atoms with Gasteiger partial charge in [-0.25, -0.2) is 0 Å². The van der Waals surface area contributed by atoms with E-state index < -0.39 is 51.2 Å². The summed E-state index contributed by atoms with van der Waals surface area (Å²) in [7, 11) is -20.4. The van der Waals surface area contributed by atoms with Gasteiger partial charge in [-0.1, -0.05) is 0 Å². The van der Waals surface area contributed by atoms with E-state index in [2.05, 4.69) is 0 Å². The standard InChI is InChI=1S/3Al.7BO3.3Cu.3Zn/c;;;7*2-1(3)4;;;;;;/q3*+3;7*-3;6*+2. The minimum atomic E-state index is -2.92. The van der Waals surface area contributed by atoms with Crippen molar-refractivity contribution in [2.75, 3.05) is 0 Å². The number of hydrogen-bond acceptors (Lipinski definition) is 21. The molecule has 0 spiro atoms. The second-order valence-electron chi connectivity index (χ2n) is 2.02. The van der Waals surface area contributed by atoms with E-state index in [0.29, 0.717) is 0 Å². The molecule has 0 N–H and O–H groups in total. The van der Waals surface area contributed by atoms with E-state index >= 15 is 0 Å². The van der Waals surface area contributed by atoms with Crippen LogP contribution in [0, 0.1) is 0 Å². The number of hydrogen-bond donors (Lipinski definition) is 0. The van der Waals surface area contributed by atoms with Crippen LogP contribution >= 0.6 is 0 Å².